The minimum Gasteiger partial charge on any atom is -0.359 e. The van der Waals surface area contributed by atoms with Crippen molar-refractivity contribution in [3.63, 3.8) is 0 Å². The second-order valence-corrected chi connectivity index (χ2v) is 6.07. The minimum atomic E-state index is -3.54. The Balaban J connectivity index is 2.95. The maximum atomic E-state index is 11.7. The van der Waals surface area contributed by atoms with Crippen molar-refractivity contribution in [1.82, 2.24) is 4.98 Å². The average molecular weight is 251 g/mol. The van der Waals surface area contributed by atoms with Crippen LogP contribution in [-0.4, -0.2) is 18.7 Å². The van der Waals surface area contributed by atoms with Gasteiger partial charge >= 0.3 is 0 Å². The zero-order valence-corrected chi connectivity index (χ0v) is 10.4. The van der Waals surface area contributed by atoms with E-state index >= 15 is 0 Å². The van der Waals surface area contributed by atoms with Crippen LogP contribution in [0.25, 0.3) is 0 Å². The number of sulfone groups is 1. The first-order valence-electron chi connectivity index (χ1n) is 4.99. The molecule has 0 aliphatic carbocycles. The largest absolute Gasteiger partial charge is 0.359 e. The second-order valence-electron chi connectivity index (χ2n) is 3.60. The molecule has 0 bridgehead atoms. The Bertz CT molecular complexity index is 542. The van der Waals surface area contributed by atoms with Gasteiger partial charge in [-0.1, -0.05) is 0 Å². The Hall–Kier alpha value is -1.87. The normalized spacial score (nSPS) is 12.2. The van der Waals surface area contributed by atoms with Crippen LogP contribution in [-0.2, 0) is 9.84 Å². The summed E-state index contributed by atoms with van der Waals surface area (Å²) in [5.41, 5.74) is 0.624. The van der Waals surface area contributed by atoms with E-state index in [-0.39, 0.29) is 4.91 Å². The number of allylic oxidation sites excluding steroid dienone is 1. The molecule has 0 aliphatic heterocycles. The van der Waals surface area contributed by atoms with Crippen LogP contribution in [0.2, 0.25) is 0 Å². The van der Waals surface area contributed by atoms with Crippen molar-refractivity contribution in [3.05, 3.63) is 35.6 Å². The van der Waals surface area contributed by atoms with Crippen LogP contribution in [0, 0.1) is 11.3 Å². The van der Waals surface area contributed by atoms with Gasteiger partial charge in [-0.25, -0.2) is 8.42 Å². The van der Waals surface area contributed by atoms with Crippen molar-refractivity contribution in [3.8, 4) is 6.07 Å². The van der Waals surface area contributed by atoms with Gasteiger partial charge < -0.3 is 5.32 Å². The van der Waals surface area contributed by atoms with Gasteiger partial charge in [-0.15, -0.1) is 0 Å². The zero-order chi connectivity index (χ0) is 12.9. The predicted octanol–water partition coefficient (Wildman–Crippen LogP) is 1.68. The van der Waals surface area contributed by atoms with Crippen LogP contribution in [0.15, 0.2) is 35.6 Å². The van der Waals surface area contributed by atoms with E-state index in [1.165, 1.54) is 26.2 Å². The maximum absolute atomic E-state index is 11.7. The molecule has 0 saturated heterocycles. The Kier molecular flexibility index (Phi) is 4.24. The molecule has 17 heavy (non-hydrogen) atoms. The number of aromatic nitrogens is 1. The molecule has 0 atom stereocenters. The number of rotatable bonds is 4. The highest BCUT2D eigenvalue weighted by Crippen LogP contribution is 2.13. The molecule has 0 unspecified atom stereocenters. The fourth-order valence-electron chi connectivity index (χ4n) is 1.03. The lowest BCUT2D eigenvalue weighted by atomic mass is 10.4. The first-order valence-corrected chi connectivity index (χ1v) is 6.54. The third-order valence-corrected chi connectivity index (χ3v) is 4.13. The summed E-state index contributed by atoms with van der Waals surface area (Å²) in [4.78, 5) is 3.58. The summed E-state index contributed by atoms with van der Waals surface area (Å²) < 4.78 is 23.5. The fourth-order valence-corrected chi connectivity index (χ4v) is 1.89. The Morgan fingerprint density at radius 3 is 2.76 bits per heavy atom. The Morgan fingerprint density at radius 2 is 2.29 bits per heavy atom. The van der Waals surface area contributed by atoms with Crippen LogP contribution in [0.5, 0.6) is 0 Å². The Labute approximate surface area is 101 Å². The molecule has 6 heteroatoms. The molecule has 0 saturated carbocycles. The monoisotopic (exact) mass is 251 g/mol. The first kappa shape index (κ1) is 13.2. The highest BCUT2D eigenvalue weighted by molar-refractivity contribution is 7.96. The lowest BCUT2D eigenvalue weighted by Gasteiger charge is -2.06. The number of pyridine rings is 1. The minimum absolute atomic E-state index is 0.281. The highest BCUT2D eigenvalue weighted by atomic mass is 32.2. The average Bonchev–Trinajstić information content (AvgIpc) is 2.30. The van der Waals surface area contributed by atoms with Gasteiger partial charge in [0.05, 0.1) is 17.1 Å². The molecular formula is C11H13N3O2S. The van der Waals surface area contributed by atoms with Crippen molar-refractivity contribution in [2.75, 3.05) is 5.32 Å². The molecule has 0 amide bonds. The summed E-state index contributed by atoms with van der Waals surface area (Å²) in [5.74, 6) is 0. The number of nitriles is 1. The van der Waals surface area contributed by atoms with Gasteiger partial charge in [-0.05, 0) is 26.0 Å². The molecule has 1 heterocycles. The van der Waals surface area contributed by atoms with Gasteiger partial charge in [0.2, 0.25) is 0 Å². The number of nitrogens with one attached hydrogen (secondary N) is 1. The van der Waals surface area contributed by atoms with Gasteiger partial charge in [0, 0.05) is 12.4 Å². The molecule has 0 radical (unpaired) electrons. The van der Waals surface area contributed by atoms with Crippen LogP contribution < -0.4 is 5.32 Å². The lowest BCUT2D eigenvalue weighted by Crippen LogP contribution is -2.16. The summed E-state index contributed by atoms with van der Waals surface area (Å²) in [6.07, 6.45) is 4.32. The van der Waals surface area contributed by atoms with Crippen molar-refractivity contribution in [1.29, 1.82) is 5.26 Å². The van der Waals surface area contributed by atoms with Gasteiger partial charge in [0.25, 0.3) is 0 Å². The summed E-state index contributed by atoms with van der Waals surface area (Å²) in [5, 5.41) is 10.9. The van der Waals surface area contributed by atoms with Gasteiger partial charge in [-0.3, -0.25) is 4.98 Å². The van der Waals surface area contributed by atoms with Crippen LogP contribution in [0.1, 0.15) is 13.8 Å². The topological polar surface area (TPSA) is 82.8 Å². The van der Waals surface area contributed by atoms with Gasteiger partial charge in [0.1, 0.15) is 6.07 Å². The fraction of sp³-hybridized carbons (Fsp3) is 0.273. The van der Waals surface area contributed by atoms with Gasteiger partial charge in [0.15, 0.2) is 14.7 Å². The molecule has 1 rings (SSSR count). The summed E-state index contributed by atoms with van der Waals surface area (Å²) in [7, 11) is -3.54. The highest BCUT2D eigenvalue weighted by Gasteiger charge is 2.21. The number of nitrogens with zero attached hydrogens (tertiary/aromatic N) is 2. The van der Waals surface area contributed by atoms with E-state index in [0.717, 1.165) is 0 Å². The SMILES string of the molecule is CC(C)S(=O)(=O)C(C#N)=CNc1cccnc1. The van der Waals surface area contributed by atoms with E-state index in [0.29, 0.717) is 5.69 Å². The number of hydrogen-bond donors (Lipinski definition) is 1. The smallest absolute Gasteiger partial charge is 0.192 e. The molecule has 1 aromatic heterocycles. The van der Waals surface area contributed by atoms with Crippen LogP contribution >= 0.6 is 0 Å². The first-order chi connectivity index (χ1) is 7.98. The molecule has 1 N–H and O–H groups in total. The zero-order valence-electron chi connectivity index (χ0n) is 9.58. The Morgan fingerprint density at radius 1 is 1.59 bits per heavy atom. The number of hydrogen-bond acceptors (Lipinski definition) is 5. The van der Waals surface area contributed by atoms with Gasteiger partial charge in [-0.2, -0.15) is 5.26 Å². The van der Waals surface area contributed by atoms with E-state index in [1.807, 2.05) is 0 Å². The summed E-state index contributed by atoms with van der Waals surface area (Å²) in [6.45, 7) is 3.06. The molecule has 5 nitrogen and oxygen atoms in total. The van der Waals surface area contributed by atoms with Crippen molar-refractivity contribution in [2.45, 2.75) is 19.1 Å². The van der Waals surface area contributed by atoms with Crippen molar-refractivity contribution >= 4 is 15.5 Å². The number of anilines is 1. The maximum Gasteiger partial charge on any atom is 0.192 e. The van der Waals surface area contributed by atoms with Crippen molar-refractivity contribution in [2.24, 2.45) is 0 Å². The third-order valence-electron chi connectivity index (χ3n) is 2.07. The van der Waals surface area contributed by atoms with E-state index < -0.39 is 15.1 Å². The van der Waals surface area contributed by atoms with Crippen LogP contribution in [0.3, 0.4) is 0 Å². The standard InChI is InChI=1S/C11H13N3O2S/c1-9(2)17(15,16)11(6-12)8-14-10-4-3-5-13-7-10/h3-5,7-9,14H,1-2H3. The molecular weight excluding hydrogens is 238 g/mol. The lowest BCUT2D eigenvalue weighted by molar-refractivity contribution is 0.595. The van der Waals surface area contributed by atoms with Crippen LogP contribution in [0.4, 0.5) is 5.69 Å². The summed E-state index contributed by atoms with van der Waals surface area (Å²) >= 11 is 0. The second kappa shape index (κ2) is 5.46. The predicted molar refractivity (Wildman–Crippen MR) is 65.6 cm³/mol. The third kappa shape index (κ3) is 3.29. The quantitative estimate of drug-likeness (QED) is 0.823. The van der Waals surface area contributed by atoms with Crippen molar-refractivity contribution < 1.29 is 8.42 Å². The molecule has 1 aromatic rings. The van der Waals surface area contributed by atoms with E-state index in [2.05, 4.69) is 10.3 Å². The molecule has 90 valence electrons. The molecule has 0 aromatic carbocycles. The molecule has 0 fully saturated rings. The molecule has 0 spiro atoms. The molecule has 0 aliphatic rings. The van der Waals surface area contributed by atoms with E-state index in [9.17, 15) is 8.42 Å². The van der Waals surface area contributed by atoms with E-state index in [4.69, 9.17) is 5.26 Å². The van der Waals surface area contributed by atoms with E-state index in [1.54, 1.807) is 24.4 Å². The summed E-state index contributed by atoms with van der Waals surface area (Å²) in [6, 6.07) is 5.11.